The van der Waals surface area contributed by atoms with Crippen molar-refractivity contribution in [1.29, 1.82) is 0 Å². The molecule has 5 N–H and O–H groups in total. The van der Waals surface area contributed by atoms with Crippen LogP contribution in [-0.2, 0) is 16.1 Å². The normalized spacial score (nSPS) is 12.3. The van der Waals surface area contributed by atoms with Crippen LogP contribution in [0.15, 0.2) is 11.1 Å². The molecule has 1 amide bonds. The average molecular weight is 351 g/mol. The van der Waals surface area contributed by atoms with Crippen LogP contribution in [0.4, 0.5) is 5.95 Å². The summed E-state index contributed by atoms with van der Waals surface area (Å²) in [6.45, 7) is 1.11. The van der Waals surface area contributed by atoms with Gasteiger partial charge in [0.05, 0.1) is 19.5 Å². The van der Waals surface area contributed by atoms with Gasteiger partial charge in [-0.1, -0.05) is 0 Å². The van der Waals surface area contributed by atoms with Gasteiger partial charge in [-0.05, 0) is 14.0 Å². The van der Waals surface area contributed by atoms with Crippen molar-refractivity contribution in [1.82, 2.24) is 29.7 Å². The van der Waals surface area contributed by atoms with E-state index < -0.39 is 5.56 Å². The first-order chi connectivity index (χ1) is 11.8. The summed E-state index contributed by atoms with van der Waals surface area (Å²) in [6.07, 6.45) is 1.32. The molecule has 0 radical (unpaired) electrons. The number of Topliss-reactive ketones (excluding diaryl/α,β-unsaturated/α-hetero) is 1. The Morgan fingerprint density at radius 2 is 2.24 bits per heavy atom. The first-order valence-corrected chi connectivity index (χ1v) is 7.61. The summed E-state index contributed by atoms with van der Waals surface area (Å²) in [5.74, 6) is -0.637. The van der Waals surface area contributed by atoms with E-state index >= 15 is 0 Å². The van der Waals surface area contributed by atoms with Crippen molar-refractivity contribution in [3.05, 3.63) is 16.7 Å². The van der Waals surface area contributed by atoms with Gasteiger partial charge in [-0.3, -0.25) is 19.4 Å². The number of nitrogens with two attached hydrogens (primary N) is 1. The monoisotopic (exact) mass is 351 g/mol. The molecule has 2 rings (SSSR count). The number of carbonyl (C=O) groups is 2. The third-order valence-corrected chi connectivity index (χ3v) is 3.63. The summed E-state index contributed by atoms with van der Waals surface area (Å²) in [5, 5.41) is 12.2. The minimum Gasteiger partial charge on any atom is -0.395 e. The molecule has 0 aliphatic rings. The highest BCUT2D eigenvalue weighted by Gasteiger charge is 2.21. The lowest BCUT2D eigenvalue weighted by Crippen LogP contribution is -2.47. The van der Waals surface area contributed by atoms with Gasteiger partial charge in [0, 0.05) is 12.6 Å². The number of aromatic nitrogens is 4. The zero-order chi connectivity index (χ0) is 18.6. The Morgan fingerprint density at radius 3 is 2.84 bits per heavy atom. The number of nitrogens with zero attached hydrogens (tertiary/aromatic N) is 4. The lowest BCUT2D eigenvalue weighted by Gasteiger charge is -2.26. The van der Waals surface area contributed by atoms with Crippen molar-refractivity contribution in [3.8, 4) is 0 Å². The molecular weight excluding hydrogens is 330 g/mol. The second-order valence-corrected chi connectivity index (χ2v) is 5.64. The average Bonchev–Trinajstić information content (AvgIpc) is 2.94. The summed E-state index contributed by atoms with van der Waals surface area (Å²) in [6, 6.07) is -0.362. The van der Waals surface area contributed by atoms with E-state index in [1.807, 2.05) is 0 Å². The lowest BCUT2D eigenvalue weighted by atomic mass is 10.2. The maximum absolute atomic E-state index is 12.6. The van der Waals surface area contributed by atoms with E-state index in [-0.39, 0.29) is 61.1 Å². The number of imidazole rings is 1. The molecular formula is C14H21N7O4. The van der Waals surface area contributed by atoms with E-state index in [1.54, 1.807) is 7.05 Å². The van der Waals surface area contributed by atoms with Crippen LogP contribution in [0.5, 0.6) is 0 Å². The number of aromatic amines is 1. The number of aliphatic hydroxyl groups excluding tert-OH is 1. The molecule has 2 aromatic heterocycles. The van der Waals surface area contributed by atoms with E-state index in [1.165, 1.54) is 22.7 Å². The number of carbonyl (C=O) groups excluding carboxylic acids is 2. The summed E-state index contributed by atoms with van der Waals surface area (Å²) in [4.78, 5) is 47.4. The van der Waals surface area contributed by atoms with Gasteiger partial charge < -0.3 is 25.6 Å². The Bertz CT molecular complexity index is 824. The number of amides is 1. The van der Waals surface area contributed by atoms with Crippen molar-refractivity contribution in [2.75, 3.05) is 32.5 Å². The molecule has 0 saturated heterocycles. The molecule has 136 valence electrons. The number of H-pyrrole nitrogens is 1. The number of nitrogens with one attached hydrogen (secondary N) is 2. The molecule has 25 heavy (non-hydrogen) atoms. The van der Waals surface area contributed by atoms with Gasteiger partial charge in [-0.2, -0.15) is 4.98 Å². The predicted octanol–water partition coefficient (Wildman–Crippen LogP) is -2.30. The SMILES string of the molecule is CN[C@@H](CO)CN(CC(C)=O)C(=O)Cn1cnc2c(=O)[nH]c(N)nc21. The van der Waals surface area contributed by atoms with E-state index in [4.69, 9.17) is 5.73 Å². The van der Waals surface area contributed by atoms with Crippen LogP contribution in [0.25, 0.3) is 11.2 Å². The number of hydrogen-bond donors (Lipinski definition) is 4. The zero-order valence-electron chi connectivity index (χ0n) is 14.0. The number of ketones is 1. The number of rotatable bonds is 8. The molecule has 0 unspecified atom stereocenters. The molecule has 11 heteroatoms. The fourth-order valence-corrected chi connectivity index (χ4v) is 2.36. The molecule has 0 aromatic carbocycles. The molecule has 0 bridgehead atoms. The molecule has 1 atom stereocenters. The Hall–Kier alpha value is -2.79. The lowest BCUT2D eigenvalue weighted by molar-refractivity contribution is -0.135. The molecule has 0 aliphatic carbocycles. The summed E-state index contributed by atoms with van der Waals surface area (Å²) in [5.41, 5.74) is 5.29. The summed E-state index contributed by atoms with van der Waals surface area (Å²) in [7, 11) is 1.65. The van der Waals surface area contributed by atoms with Crippen LogP contribution in [0, 0.1) is 0 Å². The Balaban J connectivity index is 2.25. The number of nitrogen functional groups attached to an aromatic ring is 1. The van der Waals surface area contributed by atoms with Gasteiger partial charge in [-0.25, -0.2) is 4.98 Å². The highest BCUT2D eigenvalue weighted by Crippen LogP contribution is 2.07. The first kappa shape index (κ1) is 18.5. The second-order valence-electron chi connectivity index (χ2n) is 5.64. The van der Waals surface area contributed by atoms with Gasteiger partial charge >= 0.3 is 0 Å². The minimum absolute atomic E-state index is 0.0728. The predicted molar refractivity (Wildman–Crippen MR) is 89.8 cm³/mol. The van der Waals surface area contributed by atoms with Gasteiger partial charge in [0.2, 0.25) is 11.9 Å². The maximum atomic E-state index is 12.6. The van der Waals surface area contributed by atoms with Crippen molar-refractivity contribution in [2.24, 2.45) is 0 Å². The fourth-order valence-electron chi connectivity index (χ4n) is 2.36. The third kappa shape index (κ3) is 4.39. The molecule has 0 aliphatic heterocycles. The molecule has 0 saturated carbocycles. The van der Waals surface area contributed by atoms with Crippen LogP contribution in [0.3, 0.4) is 0 Å². The molecule has 0 spiro atoms. The van der Waals surface area contributed by atoms with Crippen LogP contribution in [0.1, 0.15) is 6.92 Å². The van der Waals surface area contributed by atoms with Crippen molar-refractivity contribution >= 4 is 28.8 Å². The van der Waals surface area contributed by atoms with Crippen molar-refractivity contribution < 1.29 is 14.7 Å². The number of anilines is 1. The van der Waals surface area contributed by atoms with Gasteiger partial charge in [-0.15, -0.1) is 0 Å². The van der Waals surface area contributed by atoms with Crippen molar-refractivity contribution in [3.63, 3.8) is 0 Å². The molecule has 0 fully saturated rings. The molecule has 2 heterocycles. The largest absolute Gasteiger partial charge is 0.395 e. The highest BCUT2D eigenvalue weighted by molar-refractivity contribution is 5.85. The smallest absolute Gasteiger partial charge is 0.280 e. The van der Waals surface area contributed by atoms with Crippen LogP contribution in [-0.4, -0.2) is 74.0 Å². The Labute approximate surface area is 142 Å². The number of aliphatic hydroxyl groups is 1. The maximum Gasteiger partial charge on any atom is 0.280 e. The molecule has 11 nitrogen and oxygen atoms in total. The summed E-state index contributed by atoms with van der Waals surface area (Å²) < 4.78 is 1.39. The quantitative estimate of drug-likeness (QED) is 0.413. The van der Waals surface area contributed by atoms with Crippen LogP contribution < -0.4 is 16.6 Å². The number of hydrogen-bond acceptors (Lipinski definition) is 8. The standard InChI is InChI=1S/C14H21N7O4/c1-8(23)3-20(4-9(6-22)16-2)10(24)5-21-7-17-11-12(21)18-14(15)19-13(11)25/h7,9,16,22H,3-6H2,1-2H3,(H3,15,18,19,25)/t9-/m1/s1. The number of fused-ring (bicyclic) bond motifs is 1. The summed E-state index contributed by atoms with van der Waals surface area (Å²) >= 11 is 0. The van der Waals surface area contributed by atoms with Crippen LogP contribution in [0.2, 0.25) is 0 Å². The van der Waals surface area contributed by atoms with E-state index in [0.29, 0.717) is 0 Å². The van der Waals surface area contributed by atoms with E-state index in [9.17, 15) is 19.5 Å². The fraction of sp³-hybridized carbons (Fsp3) is 0.500. The van der Waals surface area contributed by atoms with E-state index in [0.717, 1.165) is 0 Å². The van der Waals surface area contributed by atoms with Gasteiger partial charge in [0.15, 0.2) is 11.2 Å². The molecule has 2 aromatic rings. The Kier molecular flexibility index (Phi) is 5.83. The topological polar surface area (TPSA) is 159 Å². The van der Waals surface area contributed by atoms with E-state index in [2.05, 4.69) is 20.3 Å². The first-order valence-electron chi connectivity index (χ1n) is 7.61. The van der Waals surface area contributed by atoms with Crippen molar-refractivity contribution in [2.45, 2.75) is 19.5 Å². The van der Waals surface area contributed by atoms with Crippen LogP contribution >= 0.6 is 0 Å². The minimum atomic E-state index is -0.496. The Morgan fingerprint density at radius 1 is 1.52 bits per heavy atom. The third-order valence-electron chi connectivity index (χ3n) is 3.63. The second kappa shape index (κ2) is 7.85. The van der Waals surface area contributed by atoms with Gasteiger partial charge in [0.25, 0.3) is 5.56 Å². The highest BCUT2D eigenvalue weighted by atomic mass is 16.3. The number of likely N-dealkylation sites (N-methyl/N-ethyl adjacent to an activating group) is 1. The zero-order valence-corrected chi connectivity index (χ0v) is 14.0. The van der Waals surface area contributed by atoms with Gasteiger partial charge in [0.1, 0.15) is 12.3 Å².